The van der Waals surface area contributed by atoms with E-state index in [1.807, 2.05) is 6.92 Å². The van der Waals surface area contributed by atoms with Crippen LogP contribution in [0.1, 0.15) is 43.5 Å². The van der Waals surface area contributed by atoms with E-state index in [0.29, 0.717) is 17.9 Å². The molecule has 0 heterocycles. The monoisotopic (exact) mass is 432 g/mol. The number of carbonyl (C=O) groups excluding carboxylic acids is 3. The van der Waals surface area contributed by atoms with E-state index in [2.05, 4.69) is 5.32 Å². The fourth-order valence-corrected chi connectivity index (χ4v) is 2.83. The number of ether oxygens (including phenoxy) is 1. The highest BCUT2D eigenvalue weighted by Crippen LogP contribution is 2.18. The first kappa shape index (κ1) is 24.0. The Bertz CT molecular complexity index is 896. The van der Waals surface area contributed by atoms with Crippen LogP contribution in [0.15, 0.2) is 42.5 Å². The number of para-hydroxylation sites is 1. The minimum Gasteiger partial charge on any atom is -0.494 e. The van der Waals surface area contributed by atoms with Gasteiger partial charge in [-0.3, -0.25) is 14.4 Å². The summed E-state index contributed by atoms with van der Waals surface area (Å²) < 4.78 is 32.8. The number of hydrogen-bond acceptors (Lipinski definition) is 4. The summed E-state index contributed by atoms with van der Waals surface area (Å²) in [7, 11) is 0. The highest BCUT2D eigenvalue weighted by atomic mass is 19.1. The van der Waals surface area contributed by atoms with Crippen LogP contribution < -0.4 is 10.1 Å². The molecule has 0 aromatic heterocycles. The maximum atomic E-state index is 13.7. The van der Waals surface area contributed by atoms with E-state index >= 15 is 0 Å². The molecule has 8 heteroatoms. The third kappa shape index (κ3) is 7.16. The number of ketones is 1. The van der Waals surface area contributed by atoms with Gasteiger partial charge in [0.05, 0.1) is 13.2 Å². The summed E-state index contributed by atoms with van der Waals surface area (Å²) in [4.78, 5) is 38.1. The van der Waals surface area contributed by atoms with Crippen molar-refractivity contribution in [2.45, 2.75) is 33.1 Å². The molecular formula is C23H26F2N2O4. The van der Waals surface area contributed by atoms with Crippen molar-refractivity contribution in [2.75, 3.05) is 25.0 Å². The van der Waals surface area contributed by atoms with Gasteiger partial charge in [-0.05, 0) is 49.7 Å². The standard InChI is InChI=1S/C23H26F2N2O4/c1-3-14-31-17-10-8-16(9-11-17)20(28)12-13-22(30)27(4-2)15-21(29)26-23-18(24)6-5-7-19(23)25/h5-11H,3-4,12-15H2,1-2H3,(H,26,29). The molecule has 2 aromatic rings. The van der Waals surface area contributed by atoms with Crippen molar-refractivity contribution < 1.29 is 27.9 Å². The van der Waals surface area contributed by atoms with Crippen LogP contribution in [0.2, 0.25) is 0 Å². The van der Waals surface area contributed by atoms with Crippen molar-refractivity contribution in [3.63, 3.8) is 0 Å². The highest BCUT2D eigenvalue weighted by molar-refractivity contribution is 5.99. The van der Waals surface area contributed by atoms with Crippen LogP contribution in [0, 0.1) is 11.6 Å². The van der Waals surface area contributed by atoms with Crippen LogP contribution in [0.4, 0.5) is 14.5 Å². The molecule has 0 fully saturated rings. The molecule has 2 rings (SSSR count). The topological polar surface area (TPSA) is 75.7 Å². The van der Waals surface area contributed by atoms with Crippen molar-refractivity contribution >= 4 is 23.3 Å². The molecule has 0 saturated carbocycles. The van der Waals surface area contributed by atoms with Crippen molar-refractivity contribution in [2.24, 2.45) is 0 Å². The summed E-state index contributed by atoms with van der Waals surface area (Å²) in [6, 6.07) is 9.93. The molecule has 0 radical (unpaired) electrons. The minimum absolute atomic E-state index is 0.0198. The molecule has 0 aliphatic carbocycles. The van der Waals surface area contributed by atoms with Crippen LogP contribution in [-0.4, -0.2) is 42.2 Å². The molecule has 1 N–H and O–H groups in total. The number of benzene rings is 2. The first-order valence-electron chi connectivity index (χ1n) is 10.1. The van der Waals surface area contributed by atoms with Crippen molar-refractivity contribution in [3.05, 3.63) is 59.7 Å². The molecule has 166 valence electrons. The van der Waals surface area contributed by atoms with Gasteiger partial charge in [0.15, 0.2) is 5.78 Å². The second kappa shape index (κ2) is 11.8. The lowest BCUT2D eigenvalue weighted by Gasteiger charge is -2.20. The normalized spacial score (nSPS) is 10.5. The van der Waals surface area contributed by atoms with Crippen molar-refractivity contribution in [3.8, 4) is 5.75 Å². The second-order valence-corrected chi connectivity index (χ2v) is 6.85. The van der Waals surface area contributed by atoms with Gasteiger partial charge in [-0.25, -0.2) is 8.78 Å². The van der Waals surface area contributed by atoms with E-state index in [9.17, 15) is 23.2 Å². The van der Waals surface area contributed by atoms with Crippen LogP contribution in [0.5, 0.6) is 5.75 Å². The first-order valence-corrected chi connectivity index (χ1v) is 10.1. The number of nitrogens with zero attached hydrogens (tertiary/aromatic N) is 1. The lowest BCUT2D eigenvalue weighted by molar-refractivity contribution is -0.134. The molecular weight excluding hydrogens is 406 g/mol. The number of rotatable bonds is 11. The van der Waals surface area contributed by atoms with E-state index in [-0.39, 0.29) is 31.7 Å². The molecule has 0 aliphatic rings. The number of Topliss-reactive ketones (excluding diaryl/α,β-unsaturated/α-hetero) is 1. The zero-order chi connectivity index (χ0) is 22.8. The zero-order valence-corrected chi connectivity index (χ0v) is 17.6. The Morgan fingerprint density at radius 3 is 2.19 bits per heavy atom. The van der Waals surface area contributed by atoms with Crippen LogP contribution >= 0.6 is 0 Å². The van der Waals surface area contributed by atoms with Gasteiger partial charge in [0.2, 0.25) is 11.8 Å². The summed E-state index contributed by atoms with van der Waals surface area (Å²) in [5.74, 6) is -2.47. The van der Waals surface area contributed by atoms with Gasteiger partial charge in [0.1, 0.15) is 23.1 Å². The van der Waals surface area contributed by atoms with Gasteiger partial charge < -0.3 is 15.0 Å². The quantitative estimate of drug-likeness (QED) is 0.540. The van der Waals surface area contributed by atoms with E-state index in [4.69, 9.17) is 4.74 Å². The number of amides is 2. The third-order valence-electron chi connectivity index (χ3n) is 4.51. The average molecular weight is 432 g/mol. The molecule has 2 amide bonds. The van der Waals surface area contributed by atoms with Gasteiger partial charge >= 0.3 is 0 Å². The van der Waals surface area contributed by atoms with Gasteiger partial charge in [-0.2, -0.15) is 0 Å². The summed E-state index contributed by atoms with van der Waals surface area (Å²) in [5.41, 5.74) is -0.0926. The Morgan fingerprint density at radius 1 is 0.968 bits per heavy atom. The Kier molecular flexibility index (Phi) is 9.12. The molecule has 31 heavy (non-hydrogen) atoms. The number of halogens is 2. The van der Waals surface area contributed by atoms with Gasteiger partial charge in [0, 0.05) is 24.9 Å². The number of carbonyl (C=O) groups is 3. The zero-order valence-electron chi connectivity index (χ0n) is 17.6. The van der Waals surface area contributed by atoms with Gasteiger partial charge in [0.25, 0.3) is 0 Å². The summed E-state index contributed by atoms with van der Waals surface area (Å²) in [5, 5.41) is 2.15. The smallest absolute Gasteiger partial charge is 0.244 e. The Morgan fingerprint density at radius 2 is 1.61 bits per heavy atom. The number of likely N-dealkylation sites (N-methyl/N-ethyl adjacent to an activating group) is 1. The molecule has 0 aliphatic heterocycles. The lowest BCUT2D eigenvalue weighted by Crippen LogP contribution is -2.38. The Hall–Kier alpha value is -3.29. The Labute approximate surface area is 180 Å². The maximum Gasteiger partial charge on any atom is 0.244 e. The van der Waals surface area contributed by atoms with E-state index < -0.39 is 29.1 Å². The fraction of sp³-hybridized carbons (Fsp3) is 0.348. The van der Waals surface area contributed by atoms with E-state index in [1.165, 1.54) is 11.0 Å². The molecule has 0 saturated heterocycles. The number of nitrogens with one attached hydrogen (secondary N) is 1. The fourth-order valence-electron chi connectivity index (χ4n) is 2.83. The van der Waals surface area contributed by atoms with Crippen LogP contribution in [0.3, 0.4) is 0 Å². The first-order chi connectivity index (χ1) is 14.8. The third-order valence-corrected chi connectivity index (χ3v) is 4.51. The van der Waals surface area contributed by atoms with E-state index in [1.54, 1.807) is 31.2 Å². The second-order valence-electron chi connectivity index (χ2n) is 6.85. The lowest BCUT2D eigenvalue weighted by atomic mass is 10.1. The molecule has 2 aromatic carbocycles. The summed E-state index contributed by atoms with van der Waals surface area (Å²) >= 11 is 0. The van der Waals surface area contributed by atoms with Crippen molar-refractivity contribution in [1.29, 1.82) is 0 Å². The maximum absolute atomic E-state index is 13.7. The summed E-state index contributed by atoms with van der Waals surface area (Å²) in [6.45, 7) is 4.10. The van der Waals surface area contributed by atoms with E-state index in [0.717, 1.165) is 18.6 Å². The Balaban J connectivity index is 1.87. The molecule has 0 bridgehead atoms. The van der Waals surface area contributed by atoms with Crippen molar-refractivity contribution in [1.82, 2.24) is 4.90 Å². The van der Waals surface area contributed by atoms with Crippen LogP contribution in [0.25, 0.3) is 0 Å². The largest absolute Gasteiger partial charge is 0.494 e. The SMILES string of the molecule is CCCOc1ccc(C(=O)CCC(=O)N(CC)CC(=O)Nc2c(F)cccc2F)cc1. The van der Waals surface area contributed by atoms with Gasteiger partial charge in [-0.15, -0.1) is 0 Å². The highest BCUT2D eigenvalue weighted by Gasteiger charge is 2.19. The predicted octanol–water partition coefficient (Wildman–Crippen LogP) is 4.20. The number of hydrogen-bond donors (Lipinski definition) is 1. The van der Waals surface area contributed by atoms with Gasteiger partial charge in [-0.1, -0.05) is 13.0 Å². The minimum atomic E-state index is -0.903. The average Bonchev–Trinajstić information content (AvgIpc) is 2.77. The van der Waals surface area contributed by atoms with Crippen LogP contribution in [-0.2, 0) is 9.59 Å². The molecule has 6 nitrogen and oxygen atoms in total. The summed E-state index contributed by atoms with van der Waals surface area (Å²) in [6.07, 6.45) is 0.778. The predicted molar refractivity (Wildman–Crippen MR) is 113 cm³/mol. The molecule has 0 atom stereocenters. The molecule has 0 unspecified atom stereocenters. The molecule has 0 spiro atoms. The number of anilines is 1.